The monoisotopic (exact) mass is 214 g/mol. The zero-order valence-electron chi connectivity index (χ0n) is 8.38. The number of methoxy groups -OCH3 is 1. The molecule has 1 aromatic rings. The fourth-order valence-corrected chi connectivity index (χ4v) is 1.58. The van der Waals surface area contributed by atoms with E-state index in [1.165, 1.54) is 0 Å². The van der Waals surface area contributed by atoms with E-state index in [4.69, 9.17) is 27.8 Å². The normalized spacial score (nSPS) is 14.9. The molecule has 14 heavy (non-hydrogen) atoms. The van der Waals surface area contributed by atoms with Gasteiger partial charge in [0.05, 0.1) is 12.6 Å². The first-order chi connectivity index (χ1) is 6.51. The number of rotatable bonds is 3. The van der Waals surface area contributed by atoms with Crippen LogP contribution < -0.4 is 16.2 Å². The summed E-state index contributed by atoms with van der Waals surface area (Å²) in [7, 11) is 1.59. The van der Waals surface area contributed by atoms with Gasteiger partial charge in [-0.2, -0.15) is 0 Å². The topological polar surface area (TPSA) is 61.3 Å². The number of nitrogens with two attached hydrogens (primary N) is 2. The van der Waals surface area contributed by atoms with Crippen molar-refractivity contribution in [2.75, 3.05) is 13.7 Å². The van der Waals surface area contributed by atoms with E-state index in [0.29, 0.717) is 17.3 Å². The van der Waals surface area contributed by atoms with Gasteiger partial charge in [0.25, 0.3) is 0 Å². The molecule has 0 fully saturated rings. The van der Waals surface area contributed by atoms with Crippen LogP contribution >= 0.6 is 11.6 Å². The van der Waals surface area contributed by atoms with Crippen molar-refractivity contribution in [2.45, 2.75) is 12.5 Å². The van der Waals surface area contributed by atoms with Crippen LogP contribution in [0, 0.1) is 0 Å². The minimum absolute atomic E-state index is 0.346. The quantitative estimate of drug-likeness (QED) is 0.802. The van der Waals surface area contributed by atoms with Crippen molar-refractivity contribution in [1.29, 1.82) is 0 Å². The fraction of sp³-hybridized carbons (Fsp3) is 0.400. The molecular weight excluding hydrogens is 200 g/mol. The average Bonchev–Trinajstić information content (AvgIpc) is 2.17. The van der Waals surface area contributed by atoms with Gasteiger partial charge in [-0.25, -0.2) is 0 Å². The SMILES string of the molecule is COc1ccc(C(C)(N)CN)c(Cl)c1. The van der Waals surface area contributed by atoms with Crippen molar-refractivity contribution in [3.05, 3.63) is 28.8 Å². The van der Waals surface area contributed by atoms with E-state index in [-0.39, 0.29) is 0 Å². The largest absolute Gasteiger partial charge is 0.497 e. The Bertz CT molecular complexity index is 326. The summed E-state index contributed by atoms with van der Waals surface area (Å²) < 4.78 is 5.04. The summed E-state index contributed by atoms with van der Waals surface area (Å²) in [5.74, 6) is 0.714. The first-order valence-electron chi connectivity index (χ1n) is 4.34. The lowest BCUT2D eigenvalue weighted by molar-refractivity contribution is 0.414. The van der Waals surface area contributed by atoms with Gasteiger partial charge >= 0.3 is 0 Å². The third-order valence-corrected chi connectivity index (χ3v) is 2.53. The lowest BCUT2D eigenvalue weighted by Crippen LogP contribution is -2.41. The molecule has 0 radical (unpaired) electrons. The molecule has 0 spiro atoms. The molecule has 3 nitrogen and oxygen atoms in total. The van der Waals surface area contributed by atoms with Gasteiger partial charge in [-0.05, 0) is 24.6 Å². The number of hydrogen-bond donors (Lipinski definition) is 2. The number of benzene rings is 1. The van der Waals surface area contributed by atoms with Crippen LogP contribution in [0.1, 0.15) is 12.5 Å². The molecule has 1 unspecified atom stereocenters. The molecule has 0 bridgehead atoms. The molecule has 78 valence electrons. The minimum atomic E-state index is -0.594. The van der Waals surface area contributed by atoms with Crippen molar-refractivity contribution >= 4 is 11.6 Å². The summed E-state index contributed by atoms with van der Waals surface area (Å²) in [6.45, 7) is 2.19. The van der Waals surface area contributed by atoms with Gasteiger partial charge in [0.15, 0.2) is 0 Å². The Labute approximate surface area is 89.0 Å². The summed E-state index contributed by atoms with van der Waals surface area (Å²) in [6, 6.07) is 5.40. The zero-order chi connectivity index (χ0) is 10.8. The molecule has 0 saturated heterocycles. The van der Waals surface area contributed by atoms with E-state index in [1.807, 2.05) is 19.1 Å². The Morgan fingerprint density at radius 3 is 2.57 bits per heavy atom. The van der Waals surface area contributed by atoms with Crippen LogP contribution in [-0.4, -0.2) is 13.7 Å². The second-order valence-corrected chi connectivity index (χ2v) is 3.87. The van der Waals surface area contributed by atoms with Crippen molar-refractivity contribution in [3.8, 4) is 5.75 Å². The van der Waals surface area contributed by atoms with Gasteiger partial charge in [0.1, 0.15) is 5.75 Å². The molecule has 0 aliphatic carbocycles. The molecule has 0 aliphatic heterocycles. The third-order valence-electron chi connectivity index (χ3n) is 2.22. The maximum Gasteiger partial charge on any atom is 0.120 e. The van der Waals surface area contributed by atoms with E-state index < -0.39 is 5.54 Å². The van der Waals surface area contributed by atoms with E-state index >= 15 is 0 Å². The summed E-state index contributed by atoms with van der Waals surface area (Å²) in [5.41, 5.74) is 11.8. The lowest BCUT2D eigenvalue weighted by Gasteiger charge is -2.24. The molecule has 0 saturated carbocycles. The molecule has 0 amide bonds. The zero-order valence-corrected chi connectivity index (χ0v) is 9.14. The summed E-state index contributed by atoms with van der Waals surface area (Å²) in [4.78, 5) is 0. The van der Waals surface area contributed by atoms with Crippen molar-refractivity contribution in [3.63, 3.8) is 0 Å². The molecule has 0 heterocycles. The van der Waals surface area contributed by atoms with E-state index in [9.17, 15) is 0 Å². The van der Waals surface area contributed by atoms with Gasteiger partial charge in [-0.15, -0.1) is 0 Å². The molecule has 1 atom stereocenters. The Balaban J connectivity index is 3.12. The maximum absolute atomic E-state index is 6.06. The maximum atomic E-state index is 6.06. The standard InChI is InChI=1S/C10H15ClN2O/c1-10(13,6-12)8-4-3-7(14-2)5-9(8)11/h3-5H,6,12-13H2,1-2H3. The summed E-state index contributed by atoms with van der Waals surface area (Å²) in [6.07, 6.45) is 0. The predicted octanol–water partition coefficient (Wildman–Crippen LogP) is 1.48. The Hall–Kier alpha value is -0.770. The highest BCUT2D eigenvalue weighted by atomic mass is 35.5. The first kappa shape index (κ1) is 11.3. The van der Waals surface area contributed by atoms with E-state index in [2.05, 4.69) is 0 Å². The van der Waals surface area contributed by atoms with Crippen LogP contribution in [0.4, 0.5) is 0 Å². The van der Waals surface area contributed by atoms with Crippen LogP contribution in [0.3, 0.4) is 0 Å². The first-order valence-corrected chi connectivity index (χ1v) is 4.72. The van der Waals surface area contributed by atoms with E-state index in [0.717, 1.165) is 5.56 Å². The number of hydrogen-bond acceptors (Lipinski definition) is 3. The van der Waals surface area contributed by atoms with Crippen molar-refractivity contribution < 1.29 is 4.74 Å². The second kappa shape index (κ2) is 4.17. The molecule has 4 heteroatoms. The molecular formula is C10H15ClN2O. The van der Waals surface area contributed by atoms with E-state index in [1.54, 1.807) is 13.2 Å². The number of halogens is 1. The third kappa shape index (κ3) is 2.18. The van der Waals surface area contributed by atoms with Gasteiger partial charge in [0, 0.05) is 11.6 Å². The Morgan fingerprint density at radius 2 is 2.14 bits per heavy atom. The van der Waals surface area contributed by atoms with Crippen molar-refractivity contribution in [2.24, 2.45) is 11.5 Å². The highest BCUT2D eigenvalue weighted by Crippen LogP contribution is 2.28. The lowest BCUT2D eigenvalue weighted by atomic mass is 9.93. The van der Waals surface area contributed by atoms with Crippen LogP contribution in [0.5, 0.6) is 5.75 Å². The highest BCUT2D eigenvalue weighted by molar-refractivity contribution is 6.31. The fourth-order valence-electron chi connectivity index (χ4n) is 1.20. The second-order valence-electron chi connectivity index (χ2n) is 3.47. The summed E-state index contributed by atoms with van der Waals surface area (Å²) >= 11 is 6.06. The molecule has 0 aromatic heterocycles. The Kier molecular flexibility index (Phi) is 3.37. The average molecular weight is 215 g/mol. The van der Waals surface area contributed by atoms with Gasteiger partial charge in [-0.1, -0.05) is 17.7 Å². The van der Waals surface area contributed by atoms with Crippen LogP contribution in [0.25, 0.3) is 0 Å². The van der Waals surface area contributed by atoms with Gasteiger partial charge < -0.3 is 16.2 Å². The van der Waals surface area contributed by atoms with Crippen LogP contribution in [0.2, 0.25) is 5.02 Å². The Morgan fingerprint density at radius 1 is 1.50 bits per heavy atom. The summed E-state index contributed by atoms with van der Waals surface area (Å²) in [5, 5.41) is 0.583. The molecule has 1 rings (SSSR count). The molecule has 0 aliphatic rings. The van der Waals surface area contributed by atoms with Crippen LogP contribution in [0.15, 0.2) is 18.2 Å². The number of ether oxygens (including phenoxy) is 1. The van der Waals surface area contributed by atoms with Gasteiger partial charge in [-0.3, -0.25) is 0 Å². The highest BCUT2D eigenvalue weighted by Gasteiger charge is 2.22. The molecule has 1 aromatic carbocycles. The smallest absolute Gasteiger partial charge is 0.120 e. The molecule has 4 N–H and O–H groups in total. The van der Waals surface area contributed by atoms with Gasteiger partial charge in [0.2, 0.25) is 0 Å². The minimum Gasteiger partial charge on any atom is -0.497 e. The van der Waals surface area contributed by atoms with Crippen molar-refractivity contribution in [1.82, 2.24) is 0 Å². The van der Waals surface area contributed by atoms with Crippen LogP contribution in [-0.2, 0) is 5.54 Å². The predicted molar refractivity (Wildman–Crippen MR) is 58.6 cm³/mol.